The zero-order chi connectivity index (χ0) is 16.9. The molecule has 134 valence electrons. The Morgan fingerprint density at radius 2 is 2.00 bits per heavy atom. The molecule has 3 aliphatic carbocycles. The molecule has 1 atom stereocenters. The van der Waals surface area contributed by atoms with Crippen LogP contribution in [0.15, 0.2) is 0 Å². The molecule has 1 heterocycles. The number of carboxylic acids is 1. The maximum Gasteiger partial charge on any atom is 0.317 e. The molecule has 24 heavy (non-hydrogen) atoms. The quantitative estimate of drug-likeness (QED) is 0.777. The largest absolute Gasteiger partial charge is 0.480 e. The zero-order valence-electron chi connectivity index (χ0n) is 14.5. The molecule has 0 radical (unpaired) electrons. The summed E-state index contributed by atoms with van der Waals surface area (Å²) in [6, 6.07) is 1.13. The summed E-state index contributed by atoms with van der Waals surface area (Å²) in [5.41, 5.74) is 0.473. The first kappa shape index (κ1) is 16.2. The number of hydrogen-bond donors (Lipinski definition) is 2. The lowest BCUT2D eigenvalue weighted by molar-refractivity contribution is -0.139. The van der Waals surface area contributed by atoms with E-state index in [0.717, 1.165) is 31.8 Å². The Labute approximate surface area is 143 Å². The maximum absolute atomic E-state index is 12.6. The molecular weight excluding hydrogens is 306 g/mol. The van der Waals surface area contributed by atoms with Gasteiger partial charge in [0.1, 0.15) is 0 Å². The number of nitrogens with zero attached hydrogens (tertiary/aromatic N) is 2. The van der Waals surface area contributed by atoms with Gasteiger partial charge in [-0.25, -0.2) is 4.79 Å². The SMILES string of the molecule is CCN(CC(=O)O)C1CC(NC(=O)N2CC3(CCC3)C2C2CC2)C1. The fraction of sp³-hybridized carbons (Fsp3) is 0.889. The molecule has 1 unspecified atom stereocenters. The Morgan fingerprint density at radius 3 is 2.50 bits per heavy atom. The van der Waals surface area contributed by atoms with E-state index in [2.05, 4.69) is 10.2 Å². The van der Waals surface area contributed by atoms with Crippen molar-refractivity contribution >= 4 is 12.0 Å². The summed E-state index contributed by atoms with van der Waals surface area (Å²) in [4.78, 5) is 27.6. The fourth-order valence-electron chi connectivity index (χ4n) is 5.13. The van der Waals surface area contributed by atoms with E-state index in [4.69, 9.17) is 5.11 Å². The number of aliphatic carboxylic acids is 1. The number of rotatable bonds is 6. The minimum absolute atomic E-state index is 0.0975. The molecule has 4 fully saturated rings. The number of likely N-dealkylation sites (tertiary alicyclic amines) is 1. The highest BCUT2D eigenvalue weighted by Gasteiger charge is 2.61. The van der Waals surface area contributed by atoms with Gasteiger partial charge in [0.15, 0.2) is 0 Å². The van der Waals surface area contributed by atoms with Crippen LogP contribution in [0.3, 0.4) is 0 Å². The van der Waals surface area contributed by atoms with Crippen LogP contribution >= 0.6 is 0 Å². The molecule has 6 nitrogen and oxygen atoms in total. The predicted octanol–water partition coefficient (Wildman–Crippen LogP) is 1.90. The van der Waals surface area contributed by atoms with Gasteiger partial charge in [-0.15, -0.1) is 0 Å². The molecule has 4 rings (SSSR count). The monoisotopic (exact) mass is 335 g/mol. The van der Waals surface area contributed by atoms with Crippen molar-refractivity contribution < 1.29 is 14.7 Å². The van der Waals surface area contributed by atoms with E-state index in [1.54, 1.807) is 0 Å². The van der Waals surface area contributed by atoms with Crippen LogP contribution in [-0.2, 0) is 4.79 Å². The summed E-state index contributed by atoms with van der Waals surface area (Å²) in [5.74, 6) is -0.0203. The van der Waals surface area contributed by atoms with Crippen LogP contribution in [0.1, 0.15) is 51.9 Å². The van der Waals surface area contributed by atoms with Crippen molar-refractivity contribution in [3.05, 3.63) is 0 Å². The number of carboxylic acid groups (broad SMARTS) is 1. The average Bonchev–Trinajstić information content (AvgIpc) is 3.21. The van der Waals surface area contributed by atoms with E-state index in [1.165, 1.54) is 32.1 Å². The Balaban J connectivity index is 1.25. The van der Waals surface area contributed by atoms with E-state index < -0.39 is 5.97 Å². The number of nitrogens with one attached hydrogen (secondary N) is 1. The Hall–Kier alpha value is -1.30. The van der Waals surface area contributed by atoms with Gasteiger partial charge in [0.2, 0.25) is 0 Å². The molecule has 6 heteroatoms. The van der Waals surface area contributed by atoms with E-state index >= 15 is 0 Å². The van der Waals surface area contributed by atoms with Gasteiger partial charge < -0.3 is 15.3 Å². The number of hydrogen-bond acceptors (Lipinski definition) is 3. The van der Waals surface area contributed by atoms with Gasteiger partial charge in [-0.3, -0.25) is 9.69 Å². The second-order valence-corrected chi connectivity index (χ2v) is 8.35. The predicted molar refractivity (Wildman–Crippen MR) is 89.7 cm³/mol. The fourth-order valence-corrected chi connectivity index (χ4v) is 5.13. The molecule has 3 saturated carbocycles. The molecular formula is C18H29N3O3. The lowest BCUT2D eigenvalue weighted by atomic mass is 9.57. The van der Waals surface area contributed by atoms with Gasteiger partial charge in [0.05, 0.1) is 6.54 Å². The summed E-state index contributed by atoms with van der Waals surface area (Å²) >= 11 is 0. The Morgan fingerprint density at radius 1 is 1.29 bits per heavy atom. The van der Waals surface area contributed by atoms with Crippen LogP contribution in [-0.4, -0.2) is 64.7 Å². The van der Waals surface area contributed by atoms with Crippen molar-refractivity contribution in [1.82, 2.24) is 15.1 Å². The number of carbonyl (C=O) groups is 2. The van der Waals surface area contributed by atoms with Gasteiger partial charge in [0.25, 0.3) is 0 Å². The van der Waals surface area contributed by atoms with Crippen LogP contribution in [0.5, 0.6) is 0 Å². The first-order valence-corrected chi connectivity index (χ1v) is 9.55. The highest BCUT2D eigenvalue weighted by Crippen LogP contribution is 2.59. The van der Waals surface area contributed by atoms with E-state index in [-0.39, 0.29) is 18.6 Å². The molecule has 2 amide bonds. The molecule has 0 aromatic rings. The van der Waals surface area contributed by atoms with E-state index in [9.17, 15) is 9.59 Å². The van der Waals surface area contributed by atoms with Gasteiger partial charge in [-0.1, -0.05) is 13.3 Å². The second kappa shape index (κ2) is 5.90. The number of likely N-dealkylation sites (N-methyl/N-ethyl adjacent to an activating group) is 1. The van der Waals surface area contributed by atoms with Crippen molar-refractivity contribution in [3.8, 4) is 0 Å². The van der Waals surface area contributed by atoms with Crippen LogP contribution in [0, 0.1) is 11.3 Å². The lowest BCUT2D eigenvalue weighted by Crippen LogP contribution is -2.72. The lowest BCUT2D eigenvalue weighted by Gasteiger charge is -2.63. The van der Waals surface area contributed by atoms with Gasteiger partial charge >= 0.3 is 12.0 Å². The smallest absolute Gasteiger partial charge is 0.317 e. The molecule has 1 saturated heterocycles. The molecule has 1 spiro atoms. The minimum Gasteiger partial charge on any atom is -0.480 e. The summed E-state index contributed by atoms with van der Waals surface area (Å²) in [5, 5.41) is 12.1. The van der Waals surface area contributed by atoms with E-state index in [0.29, 0.717) is 17.5 Å². The normalized spacial score (nSPS) is 33.6. The van der Waals surface area contributed by atoms with E-state index in [1.807, 2.05) is 11.8 Å². The van der Waals surface area contributed by atoms with Gasteiger partial charge in [-0.05, 0) is 51.0 Å². The number of urea groups is 1. The van der Waals surface area contributed by atoms with Crippen molar-refractivity contribution in [3.63, 3.8) is 0 Å². The molecule has 0 aromatic heterocycles. The molecule has 1 aliphatic heterocycles. The minimum atomic E-state index is -0.775. The summed E-state index contributed by atoms with van der Waals surface area (Å²) in [6.45, 7) is 3.79. The van der Waals surface area contributed by atoms with Gasteiger partial charge in [-0.2, -0.15) is 0 Å². The average molecular weight is 335 g/mol. The zero-order valence-corrected chi connectivity index (χ0v) is 14.5. The van der Waals surface area contributed by atoms with Crippen molar-refractivity contribution in [2.24, 2.45) is 11.3 Å². The first-order valence-electron chi connectivity index (χ1n) is 9.55. The summed E-state index contributed by atoms with van der Waals surface area (Å²) in [7, 11) is 0. The maximum atomic E-state index is 12.6. The topological polar surface area (TPSA) is 72.9 Å². The standard InChI is InChI=1S/C18H29N3O3/c1-2-20(10-15(22)23)14-8-13(9-14)19-17(24)21-11-18(6-3-7-18)16(21)12-4-5-12/h12-14,16H,2-11H2,1H3,(H,19,24)(H,22,23). The van der Waals surface area contributed by atoms with Crippen molar-refractivity contribution in [2.75, 3.05) is 19.6 Å². The number of carbonyl (C=O) groups excluding carboxylic acids is 1. The molecule has 0 bridgehead atoms. The van der Waals surface area contributed by atoms with Crippen LogP contribution in [0.4, 0.5) is 4.79 Å². The molecule has 2 N–H and O–H groups in total. The third-order valence-electron chi connectivity index (χ3n) is 6.83. The highest BCUT2D eigenvalue weighted by molar-refractivity contribution is 5.76. The third-order valence-corrected chi connectivity index (χ3v) is 6.83. The number of amides is 2. The molecule has 4 aliphatic rings. The van der Waals surface area contributed by atoms with Gasteiger partial charge in [0, 0.05) is 30.1 Å². The van der Waals surface area contributed by atoms with Crippen molar-refractivity contribution in [2.45, 2.75) is 70.0 Å². The van der Waals surface area contributed by atoms with Crippen molar-refractivity contribution in [1.29, 1.82) is 0 Å². The van der Waals surface area contributed by atoms with Crippen LogP contribution in [0.2, 0.25) is 0 Å². The Bertz CT molecular complexity index is 524. The first-order chi connectivity index (χ1) is 11.5. The summed E-state index contributed by atoms with van der Waals surface area (Å²) < 4.78 is 0. The molecule has 0 aromatic carbocycles. The third kappa shape index (κ3) is 2.68. The summed E-state index contributed by atoms with van der Waals surface area (Å²) in [6.07, 6.45) is 8.29. The highest BCUT2D eigenvalue weighted by atomic mass is 16.4. The second-order valence-electron chi connectivity index (χ2n) is 8.35. The van der Waals surface area contributed by atoms with Crippen LogP contribution in [0.25, 0.3) is 0 Å². The Kier molecular flexibility index (Phi) is 3.98. The van der Waals surface area contributed by atoms with Crippen LogP contribution < -0.4 is 5.32 Å².